The van der Waals surface area contributed by atoms with E-state index in [1.807, 2.05) is 30.0 Å². The molecule has 0 spiro atoms. The second kappa shape index (κ2) is 6.88. The smallest absolute Gasteiger partial charge is 0.262 e. The lowest BCUT2D eigenvalue weighted by atomic mass is 9.94. The minimum absolute atomic E-state index is 0.0737. The van der Waals surface area contributed by atoms with E-state index in [1.54, 1.807) is 0 Å². The van der Waals surface area contributed by atoms with Crippen LogP contribution in [0.15, 0.2) is 71.6 Å². The molecule has 0 bridgehead atoms. The Kier molecular flexibility index (Phi) is 4.21. The number of anilines is 1. The van der Waals surface area contributed by atoms with Crippen LogP contribution in [-0.2, 0) is 4.79 Å². The summed E-state index contributed by atoms with van der Waals surface area (Å²) in [6, 6.07) is 23.2. The van der Waals surface area contributed by atoms with Gasteiger partial charge in [0, 0.05) is 4.90 Å². The summed E-state index contributed by atoms with van der Waals surface area (Å²) in [5, 5.41) is 3.11. The Labute approximate surface area is 168 Å². The zero-order valence-corrected chi connectivity index (χ0v) is 16.3. The minimum atomic E-state index is -0.114. The van der Waals surface area contributed by atoms with Crippen molar-refractivity contribution in [1.29, 1.82) is 0 Å². The van der Waals surface area contributed by atoms with E-state index in [9.17, 15) is 4.79 Å². The molecule has 3 aromatic carbocycles. The van der Waals surface area contributed by atoms with Crippen molar-refractivity contribution in [3.63, 3.8) is 0 Å². The summed E-state index contributed by atoms with van der Waals surface area (Å²) in [5.74, 6) is 0.608. The molecular formula is C24H19NO2S. The fourth-order valence-corrected chi connectivity index (χ4v) is 5.06. The highest BCUT2D eigenvalue weighted by molar-refractivity contribution is 8.00. The molecule has 1 unspecified atom stereocenters. The first-order valence-corrected chi connectivity index (χ1v) is 10.2. The number of thioether (sulfide) groups is 1. The van der Waals surface area contributed by atoms with Gasteiger partial charge in [-0.1, -0.05) is 48.5 Å². The Balaban J connectivity index is 1.64. The first-order valence-electron chi connectivity index (χ1n) is 9.28. The van der Waals surface area contributed by atoms with Crippen LogP contribution in [0.4, 0.5) is 5.69 Å². The maximum absolute atomic E-state index is 11.7. The Hall–Kier alpha value is -2.98. The van der Waals surface area contributed by atoms with Crippen LogP contribution < -0.4 is 10.1 Å². The van der Waals surface area contributed by atoms with E-state index in [0.717, 1.165) is 17.0 Å². The molecule has 2 heterocycles. The Morgan fingerprint density at radius 3 is 2.75 bits per heavy atom. The average molecular weight is 385 g/mol. The molecule has 28 heavy (non-hydrogen) atoms. The van der Waals surface area contributed by atoms with Crippen molar-refractivity contribution in [3.05, 3.63) is 89.0 Å². The number of carbonyl (C=O) groups excluding carboxylic acids is 1. The highest BCUT2D eigenvalue weighted by Gasteiger charge is 2.26. The summed E-state index contributed by atoms with van der Waals surface area (Å²) < 4.78 is 5.52. The van der Waals surface area contributed by atoms with Crippen LogP contribution >= 0.6 is 11.8 Å². The van der Waals surface area contributed by atoms with Gasteiger partial charge in [0.1, 0.15) is 5.75 Å². The van der Waals surface area contributed by atoms with E-state index in [2.05, 4.69) is 66.8 Å². The molecule has 0 saturated carbocycles. The summed E-state index contributed by atoms with van der Waals surface area (Å²) in [6.07, 6.45) is 2.27. The minimum Gasteiger partial charge on any atom is -0.482 e. The van der Waals surface area contributed by atoms with Crippen molar-refractivity contribution in [3.8, 4) is 5.75 Å². The molecule has 1 N–H and O–H groups in total. The summed E-state index contributed by atoms with van der Waals surface area (Å²) >= 11 is 1.88. The molecule has 2 aliphatic rings. The van der Waals surface area contributed by atoms with E-state index >= 15 is 0 Å². The zero-order chi connectivity index (χ0) is 19.1. The standard InChI is InChI=1S/C24H19NO2S/c1-15-7-8-18-12-19(17-9-10-21-20(13-17)25-23(26)14-27-21)24(28-22(18)11-15)16-5-3-2-4-6-16/h2-13,24H,14H2,1H3,(H,25,26). The van der Waals surface area contributed by atoms with Crippen LogP contribution in [0.1, 0.15) is 27.5 Å². The van der Waals surface area contributed by atoms with Gasteiger partial charge < -0.3 is 10.1 Å². The third kappa shape index (κ3) is 3.10. The van der Waals surface area contributed by atoms with Gasteiger partial charge in [0.2, 0.25) is 0 Å². The molecule has 0 aromatic heterocycles. The average Bonchev–Trinajstić information content (AvgIpc) is 2.73. The predicted octanol–water partition coefficient (Wildman–Crippen LogP) is 5.71. The molecule has 138 valence electrons. The van der Waals surface area contributed by atoms with Gasteiger partial charge in [-0.25, -0.2) is 0 Å². The summed E-state index contributed by atoms with van der Waals surface area (Å²) in [7, 11) is 0. The van der Waals surface area contributed by atoms with Gasteiger partial charge in [-0.3, -0.25) is 4.79 Å². The monoisotopic (exact) mass is 385 g/mol. The summed E-state index contributed by atoms with van der Waals surface area (Å²) in [5.41, 5.74) is 6.83. The van der Waals surface area contributed by atoms with E-state index in [1.165, 1.54) is 27.2 Å². The molecule has 5 rings (SSSR count). The normalized spacial score (nSPS) is 17.7. The van der Waals surface area contributed by atoms with Gasteiger partial charge >= 0.3 is 0 Å². The summed E-state index contributed by atoms with van der Waals surface area (Å²) in [6.45, 7) is 2.20. The molecule has 0 radical (unpaired) electrons. The second-order valence-electron chi connectivity index (χ2n) is 7.10. The fraction of sp³-hybridized carbons (Fsp3) is 0.125. The highest BCUT2D eigenvalue weighted by Crippen LogP contribution is 2.51. The van der Waals surface area contributed by atoms with E-state index in [4.69, 9.17) is 4.74 Å². The maximum Gasteiger partial charge on any atom is 0.262 e. The molecule has 0 fully saturated rings. The number of benzene rings is 3. The third-order valence-corrected chi connectivity index (χ3v) is 6.42. The van der Waals surface area contributed by atoms with Gasteiger partial charge in [-0.2, -0.15) is 0 Å². The zero-order valence-electron chi connectivity index (χ0n) is 15.4. The quantitative estimate of drug-likeness (QED) is 0.614. The number of amides is 1. The number of hydrogen-bond acceptors (Lipinski definition) is 3. The van der Waals surface area contributed by atoms with Crippen molar-refractivity contribution >= 4 is 35.0 Å². The Bertz CT molecular complexity index is 1100. The topological polar surface area (TPSA) is 38.3 Å². The molecule has 1 amide bonds. The summed E-state index contributed by atoms with van der Waals surface area (Å²) in [4.78, 5) is 13.0. The van der Waals surface area contributed by atoms with Crippen LogP contribution in [0.2, 0.25) is 0 Å². The van der Waals surface area contributed by atoms with Crippen LogP contribution in [0.3, 0.4) is 0 Å². The first-order chi connectivity index (χ1) is 13.7. The van der Waals surface area contributed by atoms with Crippen molar-refractivity contribution in [2.24, 2.45) is 0 Å². The van der Waals surface area contributed by atoms with Gasteiger partial charge in [0.25, 0.3) is 5.91 Å². The van der Waals surface area contributed by atoms with E-state index < -0.39 is 0 Å². The third-order valence-electron chi connectivity index (χ3n) is 5.06. The number of hydrogen-bond donors (Lipinski definition) is 1. The number of ether oxygens (including phenoxy) is 1. The Morgan fingerprint density at radius 1 is 1.04 bits per heavy atom. The van der Waals surface area contributed by atoms with Crippen molar-refractivity contribution < 1.29 is 9.53 Å². The number of rotatable bonds is 2. The van der Waals surface area contributed by atoms with E-state index in [-0.39, 0.29) is 17.8 Å². The largest absolute Gasteiger partial charge is 0.482 e. The molecule has 1 atom stereocenters. The number of aryl methyl sites for hydroxylation is 1. The highest BCUT2D eigenvalue weighted by atomic mass is 32.2. The van der Waals surface area contributed by atoms with E-state index in [0.29, 0.717) is 0 Å². The molecule has 2 aliphatic heterocycles. The second-order valence-corrected chi connectivity index (χ2v) is 8.24. The van der Waals surface area contributed by atoms with Crippen LogP contribution in [0.25, 0.3) is 11.6 Å². The molecule has 0 aliphatic carbocycles. The lowest BCUT2D eigenvalue weighted by Crippen LogP contribution is -2.25. The van der Waals surface area contributed by atoms with Gasteiger partial charge in [-0.05, 0) is 59.0 Å². The van der Waals surface area contributed by atoms with Crippen molar-refractivity contribution in [2.45, 2.75) is 17.1 Å². The van der Waals surface area contributed by atoms with Crippen LogP contribution in [-0.4, -0.2) is 12.5 Å². The van der Waals surface area contributed by atoms with Gasteiger partial charge in [0.15, 0.2) is 6.61 Å². The molecule has 3 nitrogen and oxygen atoms in total. The Morgan fingerprint density at radius 2 is 1.89 bits per heavy atom. The predicted molar refractivity (Wildman–Crippen MR) is 115 cm³/mol. The van der Waals surface area contributed by atoms with Crippen LogP contribution in [0.5, 0.6) is 5.75 Å². The van der Waals surface area contributed by atoms with Crippen molar-refractivity contribution in [1.82, 2.24) is 0 Å². The fourth-order valence-electron chi connectivity index (χ4n) is 3.67. The van der Waals surface area contributed by atoms with Gasteiger partial charge in [-0.15, -0.1) is 11.8 Å². The maximum atomic E-state index is 11.7. The molecule has 0 saturated heterocycles. The van der Waals surface area contributed by atoms with Crippen LogP contribution in [0, 0.1) is 6.92 Å². The van der Waals surface area contributed by atoms with Crippen molar-refractivity contribution in [2.75, 3.05) is 11.9 Å². The molecule has 3 aromatic rings. The van der Waals surface area contributed by atoms with Gasteiger partial charge in [0.05, 0.1) is 10.9 Å². The SMILES string of the molecule is Cc1ccc2c(c1)SC(c1ccccc1)C(c1ccc3c(c1)NC(=O)CO3)=C2. The molecular weight excluding hydrogens is 366 g/mol. The number of nitrogens with one attached hydrogen (secondary N) is 1. The first kappa shape index (κ1) is 17.1. The lowest BCUT2D eigenvalue weighted by molar-refractivity contribution is -0.118. The number of fused-ring (bicyclic) bond motifs is 2. The lowest BCUT2D eigenvalue weighted by Gasteiger charge is -2.28. The number of carbonyl (C=O) groups is 1. The molecule has 4 heteroatoms.